The summed E-state index contributed by atoms with van der Waals surface area (Å²) < 4.78 is 1.71. The number of piperidine rings is 1. The van der Waals surface area contributed by atoms with Crippen LogP contribution in [0.3, 0.4) is 0 Å². The monoisotopic (exact) mass is 351 g/mol. The van der Waals surface area contributed by atoms with Crippen LogP contribution in [0.25, 0.3) is 0 Å². The minimum atomic E-state index is 0.0676. The number of aromatic nitrogens is 4. The minimum Gasteiger partial charge on any atom is -0.355 e. The number of aryl methyl sites for hydroxylation is 2. The van der Waals surface area contributed by atoms with E-state index in [4.69, 9.17) is 0 Å². The van der Waals surface area contributed by atoms with Crippen molar-refractivity contribution in [2.75, 3.05) is 18.0 Å². The molecule has 5 rings (SSSR count). The first kappa shape index (κ1) is 16.0. The van der Waals surface area contributed by atoms with Crippen LogP contribution in [0.5, 0.6) is 0 Å². The lowest BCUT2D eigenvalue weighted by Gasteiger charge is -2.33. The minimum absolute atomic E-state index is 0.0676. The van der Waals surface area contributed by atoms with Crippen LogP contribution in [0.4, 0.5) is 5.82 Å². The van der Waals surface area contributed by atoms with Gasteiger partial charge in [0.15, 0.2) is 5.82 Å². The number of rotatable bonds is 4. The number of nitrogens with zero attached hydrogens (tertiary/aromatic N) is 5. The summed E-state index contributed by atoms with van der Waals surface area (Å²) in [5.74, 6) is 2.21. The predicted molar refractivity (Wildman–Crippen MR) is 99.5 cm³/mol. The van der Waals surface area contributed by atoms with Gasteiger partial charge >= 0.3 is 0 Å². The number of hydrogen-bond donors (Lipinski definition) is 0. The summed E-state index contributed by atoms with van der Waals surface area (Å²) in [5.41, 5.74) is 3.55. The normalized spacial score (nSPS) is 20.4. The Morgan fingerprint density at radius 1 is 1.04 bits per heavy atom. The summed E-state index contributed by atoms with van der Waals surface area (Å²) >= 11 is 0. The fraction of sp³-hybridized carbons (Fsp3) is 0.600. The van der Waals surface area contributed by atoms with Crippen LogP contribution < -0.4 is 10.5 Å². The van der Waals surface area contributed by atoms with Crippen molar-refractivity contribution in [2.45, 2.75) is 57.4 Å². The highest BCUT2D eigenvalue weighted by molar-refractivity contribution is 5.46. The quantitative estimate of drug-likeness (QED) is 0.846. The second kappa shape index (κ2) is 6.49. The van der Waals surface area contributed by atoms with Gasteiger partial charge in [-0.05, 0) is 56.4 Å². The maximum Gasteiger partial charge on any atom is 0.267 e. The second-order valence-corrected chi connectivity index (χ2v) is 7.96. The molecule has 0 amide bonds. The van der Waals surface area contributed by atoms with Crippen LogP contribution in [-0.4, -0.2) is 32.8 Å². The molecule has 1 aliphatic heterocycles. The zero-order valence-corrected chi connectivity index (χ0v) is 15.1. The summed E-state index contributed by atoms with van der Waals surface area (Å²) in [4.78, 5) is 23.9. The average Bonchev–Trinajstić information content (AvgIpc) is 3.42. The molecule has 6 heteroatoms. The Morgan fingerprint density at radius 2 is 1.85 bits per heavy atom. The molecule has 0 unspecified atom stereocenters. The lowest BCUT2D eigenvalue weighted by molar-refractivity contribution is 0.332. The van der Waals surface area contributed by atoms with E-state index in [2.05, 4.69) is 20.0 Å². The molecule has 2 fully saturated rings. The van der Waals surface area contributed by atoms with Crippen molar-refractivity contribution in [2.24, 2.45) is 5.92 Å². The molecule has 6 nitrogen and oxygen atoms in total. The van der Waals surface area contributed by atoms with Gasteiger partial charge in [-0.15, -0.1) is 0 Å². The molecule has 2 aromatic heterocycles. The number of hydrogen-bond acceptors (Lipinski definition) is 5. The number of anilines is 1. The molecule has 0 bridgehead atoms. The third-order valence-electron chi connectivity index (χ3n) is 6.04. The Hall–Kier alpha value is -2.24. The molecule has 1 saturated carbocycles. The third kappa shape index (κ3) is 3.02. The zero-order valence-electron chi connectivity index (χ0n) is 15.1. The molecule has 2 aromatic rings. The van der Waals surface area contributed by atoms with E-state index in [1.54, 1.807) is 10.9 Å². The van der Waals surface area contributed by atoms with Gasteiger partial charge in [-0.1, -0.05) is 0 Å². The van der Waals surface area contributed by atoms with Crippen molar-refractivity contribution >= 4 is 5.82 Å². The standard InChI is InChI=1S/C20H25N5O/c26-18-12-16-2-1-3-17(16)23-25(18)13-14-6-10-24(11-7-14)20-19(15-4-5-15)21-8-9-22-20/h8-9,12,14-15H,1-7,10-11,13H2. The zero-order chi connectivity index (χ0) is 17.5. The summed E-state index contributed by atoms with van der Waals surface area (Å²) in [7, 11) is 0. The predicted octanol–water partition coefficient (Wildman–Crippen LogP) is 2.32. The van der Waals surface area contributed by atoms with Gasteiger partial charge in [-0.2, -0.15) is 5.10 Å². The van der Waals surface area contributed by atoms with Gasteiger partial charge in [-0.3, -0.25) is 9.78 Å². The lowest BCUT2D eigenvalue weighted by Crippen LogP contribution is -2.38. The molecule has 2 aliphatic carbocycles. The highest BCUT2D eigenvalue weighted by Gasteiger charge is 2.31. The molecule has 26 heavy (non-hydrogen) atoms. The van der Waals surface area contributed by atoms with E-state index in [-0.39, 0.29) is 5.56 Å². The van der Waals surface area contributed by atoms with Crippen molar-refractivity contribution in [3.8, 4) is 0 Å². The molecule has 0 radical (unpaired) electrons. The molecule has 136 valence electrons. The van der Waals surface area contributed by atoms with Crippen LogP contribution in [0.15, 0.2) is 23.3 Å². The molecule has 0 atom stereocenters. The first-order valence-corrected chi connectivity index (χ1v) is 9.93. The highest BCUT2D eigenvalue weighted by Crippen LogP contribution is 2.42. The smallest absolute Gasteiger partial charge is 0.267 e. The molecule has 3 aliphatic rings. The largest absolute Gasteiger partial charge is 0.355 e. The van der Waals surface area contributed by atoms with Crippen molar-refractivity contribution in [1.82, 2.24) is 19.7 Å². The molecule has 1 saturated heterocycles. The van der Waals surface area contributed by atoms with Gasteiger partial charge < -0.3 is 4.90 Å². The van der Waals surface area contributed by atoms with Crippen molar-refractivity contribution < 1.29 is 0 Å². The topological polar surface area (TPSA) is 63.9 Å². The van der Waals surface area contributed by atoms with Crippen LogP contribution in [0.1, 0.15) is 55.0 Å². The maximum atomic E-state index is 12.3. The van der Waals surface area contributed by atoms with E-state index < -0.39 is 0 Å². The first-order valence-electron chi connectivity index (χ1n) is 9.93. The van der Waals surface area contributed by atoms with Crippen LogP contribution in [0.2, 0.25) is 0 Å². The highest BCUT2D eigenvalue weighted by atomic mass is 16.1. The van der Waals surface area contributed by atoms with E-state index in [1.807, 2.05) is 12.3 Å². The molecule has 0 spiro atoms. The maximum absolute atomic E-state index is 12.3. The van der Waals surface area contributed by atoms with E-state index in [0.717, 1.165) is 68.8 Å². The molecule has 0 aromatic carbocycles. The van der Waals surface area contributed by atoms with Gasteiger partial charge in [0.2, 0.25) is 0 Å². The van der Waals surface area contributed by atoms with Gasteiger partial charge in [0.25, 0.3) is 5.56 Å². The summed E-state index contributed by atoms with van der Waals surface area (Å²) in [6.45, 7) is 2.72. The van der Waals surface area contributed by atoms with Crippen molar-refractivity contribution in [3.05, 3.63) is 45.8 Å². The Bertz CT molecular complexity index is 865. The van der Waals surface area contributed by atoms with E-state index in [0.29, 0.717) is 11.8 Å². The van der Waals surface area contributed by atoms with Crippen LogP contribution >= 0.6 is 0 Å². The molecular weight excluding hydrogens is 326 g/mol. The molecule has 3 heterocycles. The Kier molecular flexibility index (Phi) is 3.98. The van der Waals surface area contributed by atoms with Gasteiger partial charge in [0.05, 0.1) is 11.4 Å². The summed E-state index contributed by atoms with van der Waals surface area (Å²) in [6.07, 6.45) is 11.4. The Morgan fingerprint density at radius 3 is 2.65 bits per heavy atom. The SMILES string of the molecule is O=c1cc2c(nn1CC1CCN(c3nccnc3C3CC3)CC1)CCC2. The first-order chi connectivity index (χ1) is 12.8. The third-order valence-corrected chi connectivity index (χ3v) is 6.04. The van der Waals surface area contributed by atoms with E-state index >= 15 is 0 Å². The Balaban J connectivity index is 1.26. The summed E-state index contributed by atoms with van der Waals surface area (Å²) in [5, 5.41) is 4.64. The van der Waals surface area contributed by atoms with Crippen molar-refractivity contribution in [1.29, 1.82) is 0 Å². The average molecular weight is 351 g/mol. The van der Waals surface area contributed by atoms with Crippen molar-refractivity contribution in [3.63, 3.8) is 0 Å². The van der Waals surface area contributed by atoms with Gasteiger partial charge in [0, 0.05) is 44.0 Å². The fourth-order valence-corrected chi connectivity index (χ4v) is 4.37. The van der Waals surface area contributed by atoms with Crippen LogP contribution in [0, 0.1) is 5.92 Å². The summed E-state index contributed by atoms with van der Waals surface area (Å²) in [6, 6.07) is 1.81. The molecule has 0 N–H and O–H groups in total. The fourth-order valence-electron chi connectivity index (χ4n) is 4.37. The molecular formula is C20H25N5O. The van der Waals surface area contributed by atoms with Crippen LogP contribution in [-0.2, 0) is 19.4 Å². The second-order valence-electron chi connectivity index (χ2n) is 7.96. The van der Waals surface area contributed by atoms with E-state index in [9.17, 15) is 4.79 Å². The van der Waals surface area contributed by atoms with E-state index in [1.165, 1.54) is 18.5 Å². The number of fused-ring (bicyclic) bond motifs is 1. The Labute approximate surface area is 153 Å². The lowest BCUT2D eigenvalue weighted by atomic mass is 9.96. The van der Waals surface area contributed by atoms with Gasteiger partial charge in [-0.25, -0.2) is 9.67 Å². The van der Waals surface area contributed by atoms with Gasteiger partial charge in [0.1, 0.15) is 0 Å².